The second kappa shape index (κ2) is 16.0. The third-order valence-corrected chi connectivity index (χ3v) is 6.84. The van der Waals surface area contributed by atoms with Crippen LogP contribution >= 0.6 is 0 Å². The maximum Gasteiger partial charge on any atom is 0.151 e. The van der Waals surface area contributed by atoms with Crippen LogP contribution in [-0.2, 0) is 6.42 Å². The first-order chi connectivity index (χ1) is 20.0. The quantitative estimate of drug-likeness (QED) is 0.358. The minimum Gasteiger partial charge on any atom is -0.497 e. The van der Waals surface area contributed by atoms with Gasteiger partial charge < -0.3 is 29.3 Å². The second-order valence-corrected chi connectivity index (χ2v) is 9.39. The summed E-state index contributed by atoms with van der Waals surface area (Å²) in [7, 11) is 5.16. The number of benzene rings is 3. The number of fused-ring (bicyclic) bond motifs is 1. The molecular weight excluding hydrogens is 528 g/mol. The Morgan fingerprint density at radius 3 is 2.05 bits per heavy atom. The summed E-state index contributed by atoms with van der Waals surface area (Å²) in [5.74, 6) is 1.06. The molecule has 1 N–H and O–H groups in total. The molecule has 3 aromatic rings. The highest BCUT2D eigenvalue weighted by molar-refractivity contribution is 5.62. The maximum absolute atomic E-state index is 10.3. The van der Waals surface area contributed by atoms with Gasteiger partial charge in [0, 0.05) is 56.7 Å². The van der Waals surface area contributed by atoms with E-state index in [1.54, 1.807) is 43.5 Å². The first-order valence-electron chi connectivity index (χ1n) is 13.2. The molecule has 0 unspecified atom stereocenters. The number of β-amino-alcohol motifs (C(OH)–C–C–N with tert-alkyl or cyclic N) is 1. The van der Waals surface area contributed by atoms with Gasteiger partial charge in [-0.2, -0.15) is 0 Å². The molecule has 2 heterocycles. The zero-order valence-electron chi connectivity index (χ0n) is 23.6. The van der Waals surface area contributed by atoms with E-state index in [1.807, 2.05) is 24.3 Å². The fraction of sp³-hybridized carbons (Fsp3) is 0.379. The Morgan fingerprint density at radius 2 is 1.46 bits per heavy atom. The number of hydrogen-bond acceptors (Lipinski definition) is 12. The minimum atomic E-state index is 0.160. The lowest BCUT2D eigenvalue weighted by Crippen LogP contribution is -2.44. The summed E-state index contributed by atoms with van der Waals surface area (Å²) in [5, 5.41) is 17.4. The van der Waals surface area contributed by atoms with E-state index in [9.17, 15) is 14.7 Å². The Hall–Kier alpha value is -4.42. The molecule has 5 rings (SSSR count). The lowest BCUT2D eigenvalue weighted by Gasteiger charge is -2.34. The number of likely N-dealkylation sites (N-methyl/N-ethyl adjacent to an activating group) is 1. The number of rotatable bonds is 8. The predicted molar refractivity (Wildman–Crippen MR) is 162 cm³/mol. The zero-order chi connectivity index (χ0) is 29.6. The molecule has 41 heavy (non-hydrogen) atoms. The topological polar surface area (TPSA) is 137 Å². The summed E-state index contributed by atoms with van der Waals surface area (Å²) < 4.78 is 9.84. The van der Waals surface area contributed by atoms with E-state index >= 15 is 0 Å². The summed E-state index contributed by atoms with van der Waals surface area (Å²) >= 11 is 0. The van der Waals surface area contributed by atoms with Crippen LogP contribution in [0.3, 0.4) is 0 Å². The molecule has 3 aromatic carbocycles. The molecule has 218 valence electrons. The van der Waals surface area contributed by atoms with E-state index in [-0.39, 0.29) is 12.3 Å². The lowest BCUT2D eigenvalue weighted by atomic mass is 10.1. The molecule has 2 aliphatic rings. The van der Waals surface area contributed by atoms with Crippen molar-refractivity contribution in [3.05, 3.63) is 80.9 Å². The van der Waals surface area contributed by atoms with E-state index in [2.05, 4.69) is 37.3 Å². The van der Waals surface area contributed by atoms with Crippen LogP contribution in [0.25, 0.3) is 0 Å². The molecule has 0 amide bonds. The number of piperazine rings is 1. The van der Waals surface area contributed by atoms with Gasteiger partial charge in [-0.15, -0.1) is 14.7 Å². The summed E-state index contributed by atoms with van der Waals surface area (Å²) in [4.78, 5) is 37.6. The average Bonchev–Trinajstić information content (AvgIpc) is 3.43. The van der Waals surface area contributed by atoms with E-state index in [0.717, 1.165) is 50.4 Å². The number of aliphatic hydroxyl groups excluding tert-OH is 1. The van der Waals surface area contributed by atoms with Crippen LogP contribution in [0.4, 0.5) is 28.4 Å². The molecule has 12 heteroatoms. The SMILES string of the molecule is CN1CCN(c2ccc(N=O)cc2)CC1.COc1ccc(N=O)c(OC)c1.O=Nc1ccc2c(c1)CCN2CCO. The Labute approximate surface area is 239 Å². The van der Waals surface area contributed by atoms with Crippen molar-refractivity contribution >= 4 is 28.4 Å². The van der Waals surface area contributed by atoms with Crippen molar-refractivity contribution in [3.63, 3.8) is 0 Å². The van der Waals surface area contributed by atoms with Crippen LogP contribution in [0.5, 0.6) is 11.5 Å². The van der Waals surface area contributed by atoms with Gasteiger partial charge in [0.25, 0.3) is 0 Å². The minimum absolute atomic E-state index is 0.160. The van der Waals surface area contributed by atoms with Crippen molar-refractivity contribution in [2.45, 2.75) is 6.42 Å². The van der Waals surface area contributed by atoms with Gasteiger partial charge in [0.2, 0.25) is 0 Å². The number of ether oxygens (including phenoxy) is 2. The smallest absolute Gasteiger partial charge is 0.151 e. The highest BCUT2D eigenvalue weighted by Gasteiger charge is 2.18. The van der Waals surface area contributed by atoms with Crippen LogP contribution in [0.2, 0.25) is 0 Å². The normalized spacial score (nSPS) is 14.0. The summed E-state index contributed by atoms with van der Waals surface area (Å²) in [6.45, 7) is 6.00. The van der Waals surface area contributed by atoms with Gasteiger partial charge in [0.05, 0.1) is 20.8 Å². The molecule has 0 aromatic heterocycles. The molecule has 12 nitrogen and oxygen atoms in total. The second-order valence-electron chi connectivity index (χ2n) is 9.39. The summed E-state index contributed by atoms with van der Waals surface area (Å²) in [5.41, 5.74) is 4.69. The van der Waals surface area contributed by atoms with Gasteiger partial charge in [-0.3, -0.25) is 0 Å². The van der Waals surface area contributed by atoms with Crippen molar-refractivity contribution in [3.8, 4) is 11.5 Å². The number of methoxy groups -OCH3 is 2. The number of nitrogens with zero attached hydrogens (tertiary/aromatic N) is 6. The van der Waals surface area contributed by atoms with E-state index in [1.165, 1.54) is 12.8 Å². The average molecular weight is 565 g/mol. The Balaban J connectivity index is 0.000000170. The molecule has 1 fully saturated rings. The monoisotopic (exact) mass is 564 g/mol. The van der Waals surface area contributed by atoms with E-state index in [4.69, 9.17) is 14.6 Å². The first-order valence-corrected chi connectivity index (χ1v) is 13.2. The van der Waals surface area contributed by atoms with Crippen LogP contribution in [0, 0.1) is 14.7 Å². The standard InChI is InChI=1S/C11H15N3O.C10H12N2O2.C8H9NO3/c1-13-6-8-14(9-7-13)11-4-2-10(12-15)3-5-11;13-6-5-12-4-3-8-7-9(11-14)1-2-10(8)12;1-11-6-3-4-7(9-10)8(5-6)12-2/h2-5H,6-9H2,1H3;1-2,7,13H,3-6H2;3-5H,1-2H3. The Kier molecular flexibility index (Phi) is 12.1. The number of aliphatic hydroxyl groups is 1. The fourth-order valence-corrected chi connectivity index (χ4v) is 4.52. The molecule has 2 aliphatic heterocycles. The van der Waals surface area contributed by atoms with E-state index < -0.39 is 0 Å². The van der Waals surface area contributed by atoms with Crippen molar-refractivity contribution in [1.82, 2.24) is 4.90 Å². The maximum atomic E-state index is 10.3. The lowest BCUT2D eigenvalue weighted by molar-refractivity contribution is 0.303. The summed E-state index contributed by atoms with van der Waals surface area (Å²) in [6, 6.07) is 17.7. The third-order valence-electron chi connectivity index (χ3n) is 6.84. The number of nitroso groups, excluding NO2 is 3. The van der Waals surface area contributed by atoms with Gasteiger partial charge >= 0.3 is 0 Å². The fourth-order valence-electron chi connectivity index (χ4n) is 4.52. The Morgan fingerprint density at radius 1 is 0.780 bits per heavy atom. The molecule has 0 bridgehead atoms. The third kappa shape index (κ3) is 8.78. The molecule has 0 saturated carbocycles. The van der Waals surface area contributed by atoms with Crippen molar-refractivity contribution in [2.75, 3.05) is 76.9 Å². The highest BCUT2D eigenvalue weighted by atomic mass is 16.5. The van der Waals surface area contributed by atoms with Crippen LogP contribution in [-0.4, -0.2) is 77.1 Å². The summed E-state index contributed by atoms with van der Waals surface area (Å²) in [6.07, 6.45) is 0.929. The molecule has 0 radical (unpaired) electrons. The molecule has 0 atom stereocenters. The number of anilines is 2. The van der Waals surface area contributed by atoms with E-state index in [0.29, 0.717) is 29.4 Å². The predicted octanol–water partition coefficient (Wildman–Crippen LogP) is 5.38. The molecule has 0 aliphatic carbocycles. The van der Waals surface area contributed by atoms with Gasteiger partial charge in [0.1, 0.15) is 22.8 Å². The molecule has 1 saturated heterocycles. The molecular formula is C29H36N6O6. The Bertz CT molecular complexity index is 1280. The van der Waals surface area contributed by atoms with Gasteiger partial charge in [-0.1, -0.05) is 0 Å². The van der Waals surface area contributed by atoms with Crippen LogP contribution < -0.4 is 19.3 Å². The zero-order valence-corrected chi connectivity index (χ0v) is 23.6. The molecule has 0 spiro atoms. The van der Waals surface area contributed by atoms with Crippen molar-refractivity contribution in [2.24, 2.45) is 15.5 Å². The van der Waals surface area contributed by atoms with Gasteiger partial charge in [-0.05, 0) is 89.2 Å². The number of hydrogen-bond donors (Lipinski definition) is 1. The largest absolute Gasteiger partial charge is 0.497 e. The van der Waals surface area contributed by atoms with Crippen molar-refractivity contribution < 1.29 is 14.6 Å². The van der Waals surface area contributed by atoms with Gasteiger partial charge in [0.15, 0.2) is 5.75 Å². The highest BCUT2D eigenvalue weighted by Crippen LogP contribution is 2.31. The van der Waals surface area contributed by atoms with Gasteiger partial charge in [-0.25, -0.2) is 0 Å². The first kappa shape index (κ1) is 31.1. The van der Waals surface area contributed by atoms with Crippen LogP contribution in [0.1, 0.15) is 5.56 Å². The van der Waals surface area contributed by atoms with Crippen LogP contribution in [0.15, 0.2) is 76.2 Å². The van der Waals surface area contributed by atoms with Crippen molar-refractivity contribution in [1.29, 1.82) is 0 Å².